The van der Waals surface area contributed by atoms with Gasteiger partial charge in [0.25, 0.3) is 0 Å². The third-order valence-corrected chi connectivity index (χ3v) is 8.95. The van der Waals surface area contributed by atoms with E-state index in [2.05, 4.69) is 54.4 Å². The van der Waals surface area contributed by atoms with Gasteiger partial charge < -0.3 is 5.32 Å². The molecular formula is C29H37N3O3S. The van der Waals surface area contributed by atoms with Crippen LogP contribution >= 0.6 is 0 Å². The molecule has 1 heterocycles. The number of aryl methyl sites for hydroxylation is 3. The first-order valence-corrected chi connectivity index (χ1v) is 14.6. The summed E-state index contributed by atoms with van der Waals surface area (Å²) in [5.41, 5.74) is 4.27. The van der Waals surface area contributed by atoms with E-state index < -0.39 is 10.0 Å². The standard InChI is InChI=1S/C29H37N3O3S/c1-3-23-11-7-12-24(4-2)29(23)30-28(33)22-31-17-9-18-32(20-19-31)36(34,35)21-16-26-14-8-13-25-10-5-6-15-27(25)26/h5-8,10-15H,3-4,9,16-22H2,1-2H3,(H,30,33). The van der Waals surface area contributed by atoms with Crippen molar-refractivity contribution in [2.75, 3.05) is 43.8 Å². The normalized spacial score (nSPS) is 15.6. The minimum Gasteiger partial charge on any atom is -0.324 e. The Bertz CT molecular complexity index is 1280. The van der Waals surface area contributed by atoms with Gasteiger partial charge in [-0.25, -0.2) is 12.7 Å². The summed E-state index contributed by atoms with van der Waals surface area (Å²) < 4.78 is 28.0. The maximum Gasteiger partial charge on any atom is 0.238 e. The van der Waals surface area contributed by atoms with E-state index in [-0.39, 0.29) is 18.2 Å². The number of nitrogens with zero attached hydrogens (tertiary/aromatic N) is 2. The van der Waals surface area contributed by atoms with Gasteiger partial charge >= 0.3 is 0 Å². The minimum atomic E-state index is -3.39. The van der Waals surface area contributed by atoms with Gasteiger partial charge in [0.15, 0.2) is 0 Å². The predicted molar refractivity (Wildman–Crippen MR) is 148 cm³/mol. The molecule has 3 aromatic carbocycles. The number of carbonyl (C=O) groups excluding carboxylic acids is 1. The third-order valence-electron chi connectivity index (χ3n) is 7.08. The van der Waals surface area contributed by atoms with Crippen molar-refractivity contribution >= 4 is 32.4 Å². The number of hydrogen-bond acceptors (Lipinski definition) is 4. The molecule has 6 nitrogen and oxygen atoms in total. The molecule has 1 amide bonds. The Kier molecular flexibility index (Phi) is 8.77. The Morgan fingerprint density at radius 3 is 2.25 bits per heavy atom. The lowest BCUT2D eigenvalue weighted by molar-refractivity contribution is -0.117. The van der Waals surface area contributed by atoms with Crippen LogP contribution in [0.4, 0.5) is 5.69 Å². The van der Waals surface area contributed by atoms with Gasteiger partial charge in [-0.2, -0.15) is 0 Å². The van der Waals surface area contributed by atoms with Crippen molar-refractivity contribution in [2.45, 2.75) is 39.5 Å². The molecule has 1 fully saturated rings. The Balaban J connectivity index is 1.34. The first-order chi connectivity index (χ1) is 17.4. The number of rotatable bonds is 9. The van der Waals surface area contributed by atoms with E-state index in [1.54, 1.807) is 4.31 Å². The van der Waals surface area contributed by atoms with Crippen molar-refractivity contribution in [3.05, 3.63) is 77.4 Å². The fourth-order valence-corrected chi connectivity index (χ4v) is 6.55. The van der Waals surface area contributed by atoms with Crippen LogP contribution < -0.4 is 5.32 Å². The van der Waals surface area contributed by atoms with Gasteiger partial charge in [-0.3, -0.25) is 9.69 Å². The minimum absolute atomic E-state index is 0.0436. The largest absolute Gasteiger partial charge is 0.324 e. The second-order valence-electron chi connectivity index (χ2n) is 9.44. The van der Waals surface area contributed by atoms with Crippen LogP contribution in [0.5, 0.6) is 0 Å². The number of para-hydroxylation sites is 1. The second-order valence-corrected chi connectivity index (χ2v) is 11.5. The highest BCUT2D eigenvalue weighted by atomic mass is 32.2. The molecule has 0 bridgehead atoms. The van der Waals surface area contributed by atoms with Gasteiger partial charge in [-0.15, -0.1) is 0 Å². The van der Waals surface area contributed by atoms with Gasteiger partial charge in [-0.05, 0) is 59.7 Å². The SMILES string of the molecule is CCc1cccc(CC)c1NC(=O)CN1CCCN(S(=O)(=O)CCc2cccc3ccccc23)CC1. The molecule has 1 aliphatic heterocycles. The number of nitrogens with one attached hydrogen (secondary N) is 1. The first-order valence-electron chi connectivity index (χ1n) is 13.0. The van der Waals surface area contributed by atoms with Gasteiger partial charge in [0.2, 0.25) is 15.9 Å². The molecule has 0 aliphatic carbocycles. The van der Waals surface area contributed by atoms with Gasteiger partial charge in [0.1, 0.15) is 0 Å². The van der Waals surface area contributed by atoms with Crippen molar-refractivity contribution < 1.29 is 13.2 Å². The van der Waals surface area contributed by atoms with Crippen LogP contribution in [0.1, 0.15) is 37.0 Å². The number of anilines is 1. The monoisotopic (exact) mass is 507 g/mol. The Morgan fingerprint density at radius 1 is 0.833 bits per heavy atom. The van der Waals surface area contributed by atoms with Crippen LogP contribution in [0.25, 0.3) is 10.8 Å². The lowest BCUT2D eigenvalue weighted by atomic mass is 10.0. The van der Waals surface area contributed by atoms with Gasteiger partial charge in [-0.1, -0.05) is 74.5 Å². The van der Waals surface area contributed by atoms with E-state index >= 15 is 0 Å². The summed E-state index contributed by atoms with van der Waals surface area (Å²) >= 11 is 0. The van der Waals surface area contributed by atoms with Crippen LogP contribution in [-0.4, -0.2) is 62.0 Å². The fraction of sp³-hybridized carbons (Fsp3) is 0.414. The smallest absolute Gasteiger partial charge is 0.238 e. The average Bonchev–Trinajstić information content (AvgIpc) is 3.13. The van der Waals surface area contributed by atoms with E-state index in [0.29, 0.717) is 39.0 Å². The summed E-state index contributed by atoms with van der Waals surface area (Å²) in [6.07, 6.45) is 2.92. The zero-order valence-electron chi connectivity index (χ0n) is 21.4. The first kappa shape index (κ1) is 26.3. The highest BCUT2D eigenvalue weighted by Crippen LogP contribution is 2.23. The Labute approximate surface area is 215 Å². The Hall–Kier alpha value is -2.74. The zero-order valence-corrected chi connectivity index (χ0v) is 22.2. The number of benzene rings is 3. The Morgan fingerprint density at radius 2 is 1.50 bits per heavy atom. The maximum atomic E-state index is 13.2. The molecular weight excluding hydrogens is 470 g/mol. The molecule has 1 N–H and O–H groups in total. The van der Waals surface area contributed by atoms with Crippen LogP contribution in [-0.2, 0) is 34.1 Å². The van der Waals surface area contributed by atoms with E-state index in [0.717, 1.165) is 46.0 Å². The summed E-state index contributed by atoms with van der Waals surface area (Å²) in [4.78, 5) is 15.0. The lowest BCUT2D eigenvalue weighted by Gasteiger charge is -2.22. The van der Waals surface area contributed by atoms with E-state index in [1.807, 2.05) is 30.3 Å². The molecule has 0 saturated carbocycles. The molecule has 4 rings (SSSR count). The van der Waals surface area contributed by atoms with Crippen molar-refractivity contribution in [3.63, 3.8) is 0 Å². The fourth-order valence-electron chi connectivity index (χ4n) is 5.05. The topological polar surface area (TPSA) is 69.7 Å². The summed E-state index contributed by atoms with van der Waals surface area (Å²) in [6.45, 7) is 6.62. The lowest BCUT2D eigenvalue weighted by Crippen LogP contribution is -2.39. The van der Waals surface area contributed by atoms with Crippen LogP contribution in [0.2, 0.25) is 0 Å². The van der Waals surface area contributed by atoms with E-state index in [9.17, 15) is 13.2 Å². The van der Waals surface area contributed by atoms with Crippen molar-refractivity contribution in [1.29, 1.82) is 0 Å². The van der Waals surface area contributed by atoms with E-state index in [4.69, 9.17) is 0 Å². The molecule has 0 unspecified atom stereocenters. The molecule has 7 heteroatoms. The quantitative estimate of drug-likeness (QED) is 0.464. The van der Waals surface area contributed by atoms with Gasteiger partial charge in [0.05, 0.1) is 12.3 Å². The highest BCUT2D eigenvalue weighted by molar-refractivity contribution is 7.89. The van der Waals surface area contributed by atoms with E-state index in [1.165, 1.54) is 0 Å². The van der Waals surface area contributed by atoms with Crippen molar-refractivity contribution in [2.24, 2.45) is 0 Å². The molecule has 0 aromatic heterocycles. The highest BCUT2D eigenvalue weighted by Gasteiger charge is 2.26. The summed E-state index contributed by atoms with van der Waals surface area (Å²) in [7, 11) is -3.39. The molecule has 3 aromatic rings. The van der Waals surface area contributed by atoms with Crippen LogP contribution in [0.3, 0.4) is 0 Å². The number of amides is 1. The van der Waals surface area contributed by atoms with Crippen molar-refractivity contribution in [3.8, 4) is 0 Å². The molecule has 192 valence electrons. The number of hydrogen-bond donors (Lipinski definition) is 1. The number of fused-ring (bicyclic) bond motifs is 1. The average molecular weight is 508 g/mol. The molecule has 0 spiro atoms. The molecule has 0 radical (unpaired) electrons. The molecule has 1 saturated heterocycles. The van der Waals surface area contributed by atoms with Crippen molar-refractivity contribution in [1.82, 2.24) is 9.21 Å². The predicted octanol–water partition coefficient (Wildman–Crippen LogP) is 4.48. The molecule has 36 heavy (non-hydrogen) atoms. The zero-order chi connectivity index (χ0) is 25.5. The molecule has 0 atom stereocenters. The summed E-state index contributed by atoms with van der Waals surface area (Å²) in [5.74, 6) is 0.0487. The number of carbonyl (C=O) groups is 1. The molecule has 1 aliphatic rings. The van der Waals surface area contributed by atoms with Crippen LogP contribution in [0, 0.1) is 0 Å². The number of sulfonamides is 1. The van der Waals surface area contributed by atoms with Gasteiger partial charge in [0, 0.05) is 25.3 Å². The summed E-state index contributed by atoms with van der Waals surface area (Å²) in [6, 6.07) is 20.3. The third kappa shape index (κ3) is 6.33. The van der Waals surface area contributed by atoms with Crippen LogP contribution in [0.15, 0.2) is 60.7 Å². The maximum absolute atomic E-state index is 13.2. The summed E-state index contributed by atoms with van der Waals surface area (Å²) in [5, 5.41) is 5.37. The second kappa shape index (κ2) is 12.0.